The van der Waals surface area contributed by atoms with E-state index in [1.807, 2.05) is 38.3 Å². The van der Waals surface area contributed by atoms with Gasteiger partial charge in [-0.05, 0) is 16.9 Å². The second-order valence-corrected chi connectivity index (χ2v) is 7.86. The first-order valence-electron chi connectivity index (χ1n) is 5.59. The molecule has 0 aliphatic carbocycles. The maximum absolute atomic E-state index is 12.2. The predicted molar refractivity (Wildman–Crippen MR) is 74.7 cm³/mol. The molecule has 18 heavy (non-hydrogen) atoms. The van der Waals surface area contributed by atoms with Crippen LogP contribution in [0.2, 0.25) is 0 Å². The Balaban J connectivity index is 2.73. The third-order valence-corrected chi connectivity index (χ3v) is 5.16. The van der Waals surface area contributed by atoms with Gasteiger partial charge in [-0.1, -0.05) is 32.1 Å². The summed E-state index contributed by atoms with van der Waals surface area (Å²) in [6.45, 7) is 6.46. The third-order valence-electron chi connectivity index (χ3n) is 2.59. The number of hydrogen-bond acceptors (Lipinski definition) is 5. The summed E-state index contributed by atoms with van der Waals surface area (Å²) in [5, 5.41) is 1.89. The summed E-state index contributed by atoms with van der Waals surface area (Å²) in [6, 6.07) is 3.49. The van der Waals surface area contributed by atoms with Crippen molar-refractivity contribution in [3.05, 3.63) is 17.5 Å². The van der Waals surface area contributed by atoms with E-state index in [1.54, 1.807) is 17.4 Å². The molecule has 100 valence electrons. The molecule has 1 aromatic rings. The highest BCUT2D eigenvalue weighted by Gasteiger charge is 2.30. The summed E-state index contributed by atoms with van der Waals surface area (Å²) in [5.41, 5.74) is -0.161. The third kappa shape index (κ3) is 4.23. The van der Waals surface area contributed by atoms with Crippen molar-refractivity contribution in [3.8, 4) is 0 Å². The molecule has 0 aromatic carbocycles. The van der Waals surface area contributed by atoms with E-state index in [9.17, 15) is 9.35 Å². The lowest BCUT2D eigenvalue weighted by Crippen LogP contribution is -2.39. The average Bonchev–Trinajstić information content (AvgIpc) is 2.79. The van der Waals surface area contributed by atoms with Crippen molar-refractivity contribution in [3.63, 3.8) is 0 Å². The maximum Gasteiger partial charge on any atom is 0.235 e. The van der Waals surface area contributed by atoms with E-state index in [2.05, 4.69) is 4.99 Å². The van der Waals surface area contributed by atoms with Crippen LogP contribution in [-0.2, 0) is 16.2 Å². The zero-order valence-corrected chi connectivity index (χ0v) is 12.7. The van der Waals surface area contributed by atoms with E-state index in [-0.39, 0.29) is 11.5 Å². The fraction of sp³-hybridized carbons (Fsp3) is 0.583. The van der Waals surface area contributed by atoms with Crippen LogP contribution in [0.15, 0.2) is 26.7 Å². The molecule has 0 fully saturated rings. The molecule has 1 heterocycles. The number of likely N-dealkylation sites (N-methyl/N-ethyl adjacent to an activating group) is 1. The van der Waals surface area contributed by atoms with E-state index >= 15 is 0 Å². The fourth-order valence-electron chi connectivity index (χ4n) is 1.40. The van der Waals surface area contributed by atoms with Crippen molar-refractivity contribution < 1.29 is 9.35 Å². The minimum Gasteiger partial charge on any atom is -0.592 e. The van der Waals surface area contributed by atoms with Crippen LogP contribution < -0.4 is 0 Å². The molecular weight excluding hydrogens is 268 g/mol. The summed E-state index contributed by atoms with van der Waals surface area (Å²) < 4.78 is 14.7. The summed E-state index contributed by atoms with van der Waals surface area (Å²) in [7, 11) is 1.77. The van der Waals surface area contributed by atoms with Gasteiger partial charge in [0.2, 0.25) is 10.3 Å². The molecule has 6 heteroatoms. The summed E-state index contributed by atoms with van der Waals surface area (Å²) in [6.07, 6.45) is 1.61. The average molecular weight is 286 g/mol. The standard InChI is InChI=1S/C12H18N2O2S2/c1-12(2,3)10(13-9-15)8-14(4)18(16)11-6-5-7-17-11/h5-7,10H,8H2,1-4H3/t10-,18?/m1/s1. The first-order chi connectivity index (χ1) is 8.36. The first kappa shape index (κ1) is 15.4. The van der Waals surface area contributed by atoms with Gasteiger partial charge in [0, 0.05) is 13.1 Å². The molecule has 0 aliphatic heterocycles. The lowest BCUT2D eigenvalue weighted by Gasteiger charge is -2.29. The van der Waals surface area contributed by atoms with E-state index in [0.717, 1.165) is 4.21 Å². The van der Waals surface area contributed by atoms with Crippen LogP contribution in [0.4, 0.5) is 0 Å². The lowest BCUT2D eigenvalue weighted by atomic mass is 9.87. The molecule has 1 unspecified atom stereocenters. The molecular formula is C12H18N2O2S2. The van der Waals surface area contributed by atoms with Crippen LogP contribution in [-0.4, -0.2) is 34.6 Å². The number of rotatable bonds is 5. The number of isocyanates is 1. The Kier molecular flexibility index (Phi) is 5.56. The minimum atomic E-state index is -1.19. The topological polar surface area (TPSA) is 55.7 Å². The Morgan fingerprint density at radius 1 is 1.61 bits per heavy atom. The maximum atomic E-state index is 12.2. The van der Waals surface area contributed by atoms with Crippen molar-refractivity contribution in [1.82, 2.24) is 4.31 Å². The van der Waals surface area contributed by atoms with Gasteiger partial charge in [0.25, 0.3) is 0 Å². The molecule has 0 saturated heterocycles. The molecule has 0 N–H and O–H groups in total. The molecule has 2 atom stereocenters. The predicted octanol–water partition coefficient (Wildman–Crippen LogP) is 2.45. The smallest absolute Gasteiger partial charge is 0.235 e. The van der Waals surface area contributed by atoms with Gasteiger partial charge >= 0.3 is 0 Å². The van der Waals surface area contributed by atoms with E-state index in [1.165, 1.54) is 11.3 Å². The summed E-state index contributed by atoms with van der Waals surface area (Å²) in [5.74, 6) is 0. The highest BCUT2D eigenvalue weighted by molar-refractivity contribution is 7.91. The van der Waals surface area contributed by atoms with Crippen LogP contribution >= 0.6 is 11.3 Å². The molecule has 0 amide bonds. The van der Waals surface area contributed by atoms with Crippen LogP contribution in [0.25, 0.3) is 0 Å². The molecule has 1 aromatic heterocycles. The molecule has 0 bridgehead atoms. The van der Waals surface area contributed by atoms with Gasteiger partial charge in [0.05, 0.1) is 23.9 Å². The van der Waals surface area contributed by atoms with Gasteiger partial charge in [-0.15, -0.1) is 4.31 Å². The van der Waals surface area contributed by atoms with Gasteiger partial charge in [-0.2, -0.15) is 0 Å². The molecule has 1 rings (SSSR count). The molecule has 0 saturated carbocycles. The number of hydrogen-bond donors (Lipinski definition) is 0. The van der Waals surface area contributed by atoms with Gasteiger partial charge < -0.3 is 4.55 Å². The first-order valence-corrected chi connectivity index (χ1v) is 7.58. The largest absolute Gasteiger partial charge is 0.592 e. The SMILES string of the molecule is CN(C[C@@H](N=C=O)C(C)(C)C)[S+]([O-])c1cccs1. The highest BCUT2D eigenvalue weighted by atomic mass is 32.2. The van der Waals surface area contributed by atoms with Gasteiger partial charge in [-0.25, -0.2) is 9.79 Å². The Morgan fingerprint density at radius 2 is 2.28 bits per heavy atom. The van der Waals surface area contributed by atoms with Crippen molar-refractivity contribution in [2.24, 2.45) is 10.4 Å². The normalized spacial score (nSPS) is 15.2. The quantitative estimate of drug-likeness (QED) is 0.474. The lowest BCUT2D eigenvalue weighted by molar-refractivity contribution is 0.281. The number of aliphatic imine (C=N–C) groups is 1. The zero-order valence-electron chi connectivity index (χ0n) is 11.0. The Labute approximate surface area is 115 Å². The molecule has 0 radical (unpaired) electrons. The van der Waals surface area contributed by atoms with Crippen molar-refractivity contribution in [2.75, 3.05) is 13.6 Å². The Hall–Kier alpha value is -0.650. The van der Waals surface area contributed by atoms with Crippen molar-refractivity contribution in [1.29, 1.82) is 0 Å². The summed E-state index contributed by atoms with van der Waals surface area (Å²) in [4.78, 5) is 14.3. The van der Waals surface area contributed by atoms with Crippen LogP contribution in [0.5, 0.6) is 0 Å². The van der Waals surface area contributed by atoms with E-state index in [0.29, 0.717) is 6.54 Å². The van der Waals surface area contributed by atoms with Gasteiger partial charge in [-0.3, -0.25) is 0 Å². The summed E-state index contributed by atoms with van der Waals surface area (Å²) >= 11 is 0.264. The van der Waals surface area contributed by atoms with Crippen molar-refractivity contribution in [2.45, 2.75) is 31.0 Å². The molecule has 0 spiro atoms. The second kappa shape index (κ2) is 6.50. The van der Waals surface area contributed by atoms with Crippen LogP contribution in [0.1, 0.15) is 20.8 Å². The van der Waals surface area contributed by atoms with Crippen LogP contribution in [0.3, 0.4) is 0 Å². The monoisotopic (exact) mass is 286 g/mol. The molecule has 0 aliphatic rings. The molecule has 4 nitrogen and oxygen atoms in total. The van der Waals surface area contributed by atoms with Gasteiger partial charge in [0.15, 0.2) is 0 Å². The number of nitrogens with zero attached hydrogens (tertiary/aromatic N) is 2. The fourth-order valence-corrected chi connectivity index (χ4v) is 3.50. The number of thiophene rings is 1. The van der Waals surface area contributed by atoms with Crippen molar-refractivity contribution >= 4 is 28.8 Å². The minimum absolute atomic E-state index is 0.161. The van der Waals surface area contributed by atoms with E-state index < -0.39 is 11.4 Å². The van der Waals surface area contributed by atoms with E-state index in [4.69, 9.17) is 0 Å². The second-order valence-electron chi connectivity index (χ2n) is 5.09. The van der Waals surface area contributed by atoms with Crippen LogP contribution in [0, 0.1) is 5.41 Å². The Morgan fingerprint density at radius 3 is 2.72 bits per heavy atom. The van der Waals surface area contributed by atoms with Gasteiger partial charge in [0.1, 0.15) is 0 Å². The highest BCUT2D eigenvalue weighted by Crippen LogP contribution is 2.25. The number of carbonyl (C=O) groups excluding carboxylic acids is 1. The Bertz CT molecular complexity index is 408. The zero-order chi connectivity index (χ0) is 13.8.